The van der Waals surface area contributed by atoms with Gasteiger partial charge in [-0.3, -0.25) is 0 Å². The summed E-state index contributed by atoms with van der Waals surface area (Å²) in [5, 5.41) is 3.58. The number of benzene rings is 1. The number of aryl methyl sites for hydroxylation is 1. The predicted molar refractivity (Wildman–Crippen MR) is 80.6 cm³/mol. The average molecular weight is 279 g/mol. The van der Waals surface area contributed by atoms with Crippen LogP contribution in [0.4, 0.5) is 4.39 Å². The second kappa shape index (κ2) is 6.13. The maximum Gasteiger partial charge on any atom is 0.167 e. The van der Waals surface area contributed by atoms with Gasteiger partial charge in [-0.2, -0.15) is 0 Å². The van der Waals surface area contributed by atoms with E-state index >= 15 is 0 Å². The fourth-order valence-corrected chi connectivity index (χ4v) is 3.05. The molecule has 1 aliphatic rings. The van der Waals surface area contributed by atoms with Crippen LogP contribution >= 0.6 is 0 Å². The molecule has 0 saturated heterocycles. The molecule has 20 heavy (non-hydrogen) atoms. The summed E-state index contributed by atoms with van der Waals surface area (Å²) in [6.07, 6.45) is 3.22. The third-order valence-electron chi connectivity index (χ3n) is 4.34. The van der Waals surface area contributed by atoms with Gasteiger partial charge in [0, 0.05) is 6.04 Å². The van der Waals surface area contributed by atoms with Gasteiger partial charge in [0.25, 0.3) is 0 Å². The van der Waals surface area contributed by atoms with Crippen LogP contribution in [0.3, 0.4) is 0 Å². The fourth-order valence-electron chi connectivity index (χ4n) is 3.05. The van der Waals surface area contributed by atoms with Crippen molar-refractivity contribution in [3.63, 3.8) is 0 Å². The zero-order chi connectivity index (χ0) is 14.8. The van der Waals surface area contributed by atoms with Gasteiger partial charge in [0.1, 0.15) is 6.10 Å². The first-order valence-corrected chi connectivity index (χ1v) is 7.61. The summed E-state index contributed by atoms with van der Waals surface area (Å²) in [4.78, 5) is 0. The van der Waals surface area contributed by atoms with E-state index in [1.807, 2.05) is 6.07 Å². The van der Waals surface area contributed by atoms with E-state index in [-0.39, 0.29) is 23.4 Å². The van der Waals surface area contributed by atoms with Gasteiger partial charge in [0.05, 0.1) is 0 Å². The van der Waals surface area contributed by atoms with E-state index < -0.39 is 0 Å². The first-order valence-electron chi connectivity index (χ1n) is 7.61. The highest BCUT2D eigenvalue weighted by molar-refractivity contribution is 5.30. The van der Waals surface area contributed by atoms with E-state index in [1.54, 1.807) is 19.1 Å². The lowest BCUT2D eigenvalue weighted by atomic mass is 9.87. The van der Waals surface area contributed by atoms with E-state index in [1.165, 1.54) is 0 Å². The zero-order valence-electron chi connectivity index (χ0n) is 13.0. The molecule has 2 unspecified atom stereocenters. The first kappa shape index (κ1) is 15.3. The Hall–Kier alpha value is -1.09. The molecule has 2 nitrogen and oxygen atoms in total. The van der Waals surface area contributed by atoms with Gasteiger partial charge in [0.2, 0.25) is 0 Å². The van der Waals surface area contributed by atoms with Gasteiger partial charge in [-0.1, -0.05) is 32.9 Å². The van der Waals surface area contributed by atoms with Crippen LogP contribution in [-0.4, -0.2) is 18.7 Å². The Morgan fingerprint density at radius 2 is 2.15 bits per heavy atom. The Morgan fingerprint density at radius 3 is 2.85 bits per heavy atom. The number of ether oxygens (including phenoxy) is 1. The van der Waals surface area contributed by atoms with E-state index in [2.05, 4.69) is 26.1 Å². The molecule has 2 rings (SSSR count). The predicted octanol–water partition coefficient (Wildman–Crippen LogP) is 4.07. The smallest absolute Gasteiger partial charge is 0.167 e. The molecule has 0 spiro atoms. The van der Waals surface area contributed by atoms with Crippen LogP contribution in [-0.2, 0) is 0 Å². The zero-order valence-corrected chi connectivity index (χ0v) is 13.0. The molecule has 0 aromatic heterocycles. The fraction of sp³-hybridized carbons (Fsp3) is 0.647. The van der Waals surface area contributed by atoms with Crippen LogP contribution in [0.2, 0.25) is 0 Å². The summed E-state index contributed by atoms with van der Waals surface area (Å²) < 4.78 is 20.1. The topological polar surface area (TPSA) is 21.3 Å². The van der Waals surface area contributed by atoms with Gasteiger partial charge < -0.3 is 10.1 Å². The summed E-state index contributed by atoms with van der Waals surface area (Å²) in [5.74, 6) is 0.155. The molecule has 0 bridgehead atoms. The van der Waals surface area contributed by atoms with E-state index in [0.717, 1.165) is 25.8 Å². The van der Waals surface area contributed by atoms with Crippen molar-refractivity contribution in [2.75, 3.05) is 6.54 Å². The molecule has 112 valence electrons. The van der Waals surface area contributed by atoms with Crippen molar-refractivity contribution >= 4 is 0 Å². The van der Waals surface area contributed by atoms with Gasteiger partial charge in [-0.05, 0) is 49.8 Å². The number of hydrogen-bond donors (Lipinski definition) is 1. The largest absolute Gasteiger partial charge is 0.486 e. The van der Waals surface area contributed by atoms with E-state index in [4.69, 9.17) is 4.74 Å². The minimum atomic E-state index is -0.230. The van der Waals surface area contributed by atoms with E-state index in [9.17, 15) is 4.39 Å². The highest BCUT2D eigenvalue weighted by Crippen LogP contribution is 2.39. The maximum absolute atomic E-state index is 14.1. The average Bonchev–Trinajstić information content (AvgIpc) is 2.68. The number of hydrogen-bond acceptors (Lipinski definition) is 2. The monoisotopic (exact) mass is 279 g/mol. The van der Waals surface area contributed by atoms with Gasteiger partial charge in [-0.25, -0.2) is 4.39 Å². The van der Waals surface area contributed by atoms with Gasteiger partial charge in [-0.15, -0.1) is 0 Å². The third kappa shape index (κ3) is 3.14. The van der Waals surface area contributed by atoms with Crippen LogP contribution < -0.4 is 10.1 Å². The molecule has 1 aromatic carbocycles. The van der Waals surface area contributed by atoms with Crippen LogP contribution in [0, 0.1) is 18.2 Å². The third-order valence-corrected chi connectivity index (χ3v) is 4.34. The summed E-state index contributed by atoms with van der Waals surface area (Å²) in [5.41, 5.74) is 0.831. The van der Waals surface area contributed by atoms with Gasteiger partial charge in [0.15, 0.2) is 11.6 Å². The highest BCUT2D eigenvalue weighted by Gasteiger charge is 2.43. The lowest BCUT2D eigenvalue weighted by Crippen LogP contribution is -2.47. The molecule has 0 heterocycles. The van der Waals surface area contributed by atoms with Crippen molar-refractivity contribution in [2.24, 2.45) is 5.41 Å². The second-order valence-electron chi connectivity index (χ2n) is 6.50. The van der Waals surface area contributed by atoms with Crippen LogP contribution in [0.5, 0.6) is 5.75 Å². The van der Waals surface area contributed by atoms with Crippen LogP contribution in [0.25, 0.3) is 0 Å². The molecule has 3 heteroatoms. The molecule has 1 N–H and O–H groups in total. The van der Waals surface area contributed by atoms with Crippen molar-refractivity contribution in [2.45, 2.75) is 59.1 Å². The minimum Gasteiger partial charge on any atom is -0.486 e. The van der Waals surface area contributed by atoms with Crippen molar-refractivity contribution in [1.29, 1.82) is 0 Å². The molecular weight excluding hydrogens is 253 g/mol. The maximum atomic E-state index is 14.1. The van der Waals surface area contributed by atoms with Crippen molar-refractivity contribution in [1.82, 2.24) is 5.32 Å². The molecule has 1 saturated carbocycles. The number of nitrogens with one attached hydrogen (secondary N) is 1. The van der Waals surface area contributed by atoms with Crippen LogP contribution in [0.15, 0.2) is 18.2 Å². The van der Waals surface area contributed by atoms with Crippen molar-refractivity contribution in [3.8, 4) is 5.75 Å². The number of rotatable bonds is 5. The standard InChI is InChI=1S/C17H26FNO/c1-5-11-19-16-14(9-10-17(16,3)4)20-13-8-6-7-12(2)15(13)18/h6-8,14,16,19H,5,9-11H2,1-4H3. The van der Waals surface area contributed by atoms with E-state index in [0.29, 0.717) is 11.3 Å². The van der Waals surface area contributed by atoms with Gasteiger partial charge >= 0.3 is 0 Å². The molecule has 2 atom stereocenters. The highest BCUT2D eigenvalue weighted by atomic mass is 19.1. The Labute approximate surface area is 121 Å². The van der Waals surface area contributed by atoms with Crippen molar-refractivity contribution in [3.05, 3.63) is 29.6 Å². The molecule has 1 fully saturated rings. The molecule has 1 aromatic rings. The summed E-state index contributed by atoms with van der Waals surface area (Å²) >= 11 is 0. The molecule has 0 aliphatic heterocycles. The molecule has 0 amide bonds. The first-order chi connectivity index (χ1) is 9.45. The SMILES string of the molecule is CCCNC1C(Oc2cccc(C)c2F)CCC1(C)C. The summed E-state index contributed by atoms with van der Waals surface area (Å²) in [7, 11) is 0. The molecule has 0 radical (unpaired) electrons. The summed E-state index contributed by atoms with van der Waals surface area (Å²) in [6, 6.07) is 5.63. The summed E-state index contributed by atoms with van der Waals surface area (Å²) in [6.45, 7) is 9.43. The quantitative estimate of drug-likeness (QED) is 0.877. The Bertz CT molecular complexity index is 458. The van der Waals surface area contributed by atoms with Crippen molar-refractivity contribution < 1.29 is 9.13 Å². The Balaban J connectivity index is 2.13. The molecule has 1 aliphatic carbocycles. The normalized spacial score (nSPS) is 24.9. The van der Waals surface area contributed by atoms with Crippen LogP contribution in [0.1, 0.15) is 45.6 Å². The Morgan fingerprint density at radius 1 is 1.40 bits per heavy atom. The molecular formula is C17H26FNO. The lowest BCUT2D eigenvalue weighted by molar-refractivity contribution is 0.135. The second-order valence-corrected chi connectivity index (χ2v) is 6.50. The lowest BCUT2D eigenvalue weighted by Gasteiger charge is -2.31. The number of halogens is 1. The minimum absolute atomic E-state index is 0.0489. The Kier molecular flexibility index (Phi) is 4.69.